The molecule has 1 aromatic rings. The van der Waals surface area contributed by atoms with Gasteiger partial charge >= 0.3 is 0 Å². The second-order valence-electron chi connectivity index (χ2n) is 4.34. The number of nitrogens with zero attached hydrogens (tertiary/aromatic N) is 3. The second-order valence-corrected chi connectivity index (χ2v) is 4.34. The summed E-state index contributed by atoms with van der Waals surface area (Å²) in [6.07, 6.45) is 7.19. The third-order valence-electron chi connectivity index (χ3n) is 3.06. The van der Waals surface area contributed by atoms with Gasteiger partial charge in [-0.15, -0.1) is 10.2 Å². The molecule has 2 heterocycles. The fraction of sp³-hybridized carbons (Fsp3) is 0.800. The predicted molar refractivity (Wildman–Crippen MR) is 50.8 cm³/mol. The highest BCUT2D eigenvalue weighted by molar-refractivity contribution is 5.00. The lowest BCUT2D eigenvalue weighted by Gasteiger charge is -2.11. The molecule has 1 aliphatic carbocycles. The van der Waals surface area contributed by atoms with Gasteiger partial charge in [-0.05, 0) is 32.6 Å². The summed E-state index contributed by atoms with van der Waals surface area (Å²) in [7, 11) is 0. The van der Waals surface area contributed by atoms with Gasteiger partial charge in [0, 0.05) is 6.04 Å². The monoisotopic (exact) mass is 193 g/mol. The van der Waals surface area contributed by atoms with E-state index in [4.69, 9.17) is 4.74 Å². The number of hydrogen-bond acceptors (Lipinski definition) is 3. The lowest BCUT2D eigenvalue weighted by Crippen LogP contribution is -2.08. The zero-order valence-corrected chi connectivity index (χ0v) is 8.39. The zero-order valence-electron chi connectivity index (χ0n) is 8.39. The first kappa shape index (κ1) is 8.41. The summed E-state index contributed by atoms with van der Waals surface area (Å²) in [5.41, 5.74) is 0. The Morgan fingerprint density at radius 3 is 2.86 bits per heavy atom. The summed E-state index contributed by atoms with van der Waals surface area (Å²) in [6.45, 7) is 2.12. The van der Waals surface area contributed by atoms with E-state index < -0.39 is 0 Å². The van der Waals surface area contributed by atoms with Crippen LogP contribution < -0.4 is 0 Å². The highest BCUT2D eigenvalue weighted by Crippen LogP contribution is 2.39. The third-order valence-corrected chi connectivity index (χ3v) is 3.06. The molecule has 0 N–H and O–H groups in total. The van der Waals surface area contributed by atoms with Crippen LogP contribution in [0.4, 0.5) is 0 Å². The van der Waals surface area contributed by atoms with E-state index in [0.717, 1.165) is 18.7 Å². The molecule has 1 saturated carbocycles. The summed E-state index contributed by atoms with van der Waals surface area (Å²) < 4.78 is 8.00. The van der Waals surface area contributed by atoms with Crippen LogP contribution in [0.2, 0.25) is 0 Å². The molecule has 1 aliphatic heterocycles. The fourth-order valence-electron chi connectivity index (χ4n) is 2.11. The highest BCUT2D eigenvalue weighted by Gasteiger charge is 2.32. The Morgan fingerprint density at radius 1 is 1.36 bits per heavy atom. The third kappa shape index (κ3) is 1.34. The van der Waals surface area contributed by atoms with Gasteiger partial charge in [-0.1, -0.05) is 0 Å². The minimum Gasteiger partial charge on any atom is -0.367 e. The van der Waals surface area contributed by atoms with Gasteiger partial charge in [0.1, 0.15) is 12.4 Å². The Labute approximate surface area is 83.3 Å². The van der Waals surface area contributed by atoms with E-state index in [1.54, 1.807) is 0 Å². The van der Waals surface area contributed by atoms with Crippen LogP contribution in [-0.2, 0) is 4.74 Å². The Hall–Kier alpha value is -0.900. The van der Waals surface area contributed by atoms with E-state index in [2.05, 4.69) is 21.7 Å². The molecule has 0 bridgehead atoms. The molecule has 0 radical (unpaired) electrons. The van der Waals surface area contributed by atoms with Crippen molar-refractivity contribution in [2.75, 3.05) is 0 Å². The largest absolute Gasteiger partial charge is 0.367 e. The Bertz CT molecular complexity index is 332. The number of ether oxygens (including phenoxy) is 1. The van der Waals surface area contributed by atoms with Crippen molar-refractivity contribution in [3.8, 4) is 0 Å². The average Bonchev–Trinajstić information content (AvgIpc) is 2.75. The molecule has 0 aromatic carbocycles. The van der Waals surface area contributed by atoms with E-state index in [9.17, 15) is 0 Å². The van der Waals surface area contributed by atoms with Crippen molar-refractivity contribution in [2.24, 2.45) is 0 Å². The van der Waals surface area contributed by atoms with Crippen molar-refractivity contribution in [1.82, 2.24) is 14.8 Å². The van der Waals surface area contributed by atoms with Crippen LogP contribution in [0, 0.1) is 0 Å². The SMILES string of the molecule is CC1CCC(c2nncn2C2CC2)O1. The lowest BCUT2D eigenvalue weighted by atomic mass is 10.2. The van der Waals surface area contributed by atoms with Crippen molar-refractivity contribution >= 4 is 0 Å². The first-order chi connectivity index (χ1) is 6.84. The van der Waals surface area contributed by atoms with Crippen molar-refractivity contribution in [3.63, 3.8) is 0 Å². The van der Waals surface area contributed by atoms with Crippen LogP contribution in [0.15, 0.2) is 6.33 Å². The number of hydrogen-bond donors (Lipinski definition) is 0. The van der Waals surface area contributed by atoms with Crippen molar-refractivity contribution in [1.29, 1.82) is 0 Å². The topological polar surface area (TPSA) is 39.9 Å². The molecular weight excluding hydrogens is 178 g/mol. The zero-order chi connectivity index (χ0) is 9.54. The summed E-state index contributed by atoms with van der Waals surface area (Å²) >= 11 is 0. The van der Waals surface area contributed by atoms with E-state index >= 15 is 0 Å². The maximum atomic E-state index is 5.80. The number of aromatic nitrogens is 3. The van der Waals surface area contributed by atoms with Gasteiger partial charge in [-0.25, -0.2) is 0 Å². The molecule has 2 unspecified atom stereocenters. The maximum Gasteiger partial charge on any atom is 0.162 e. The van der Waals surface area contributed by atoms with Crippen molar-refractivity contribution < 1.29 is 4.74 Å². The Kier molecular flexibility index (Phi) is 1.83. The molecule has 2 atom stereocenters. The summed E-state index contributed by atoms with van der Waals surface area (Å²) in [5, 5.41) is 8.17. The lowest BCUT2D eigenvalue weighted by molar-refractivity contribution is 0.0479. The molecule has 1 saturated heterocycles. The standard InChI is InChI=1S/C10H15N3O/c1-7-2-5-9(14-7)10-12-11-6-13(10)8-3-4-8/h6-9H,2-5H2,1H3. The molecule has 4 nitrogen and oxygen atoms in total. The van der Waals surface area contributed by atoms with Gasteiger partial charge in [-0.2, -0.15) is 0 Å². The minimum absolute atomic E-state index is 0.188. The Balaban J connectivity index is 1.84. The molecule has 1 aromatic heterocycles. The smallest absolute Gasteiger partial charge is 0.162 e. The number of rotatable bonds is 2. The quantitative estimate of drug-likeness (QED) is 0.719. The molecule has 2 fully saturated rings. The van der Waals surface area contributed by atoms with Crippen LogP contribution in [0.5, 0.6) is 0 Å². The summed E-state index contributed by atoms with van der Waals surface area (Å²) in [6, 6.07) is 0.652. The normalized spacial score (nSPS) is 32.4. The molecule has 4 heteroatoms. The average molecular weight is 193 g/mol. The van der Waals surface area contributed by atoms with Gasteiger partial charge in [0.15, 0.2) is 5.82 Å². The highest BCUT2D eigenvalue weighted by atomic mass is 16.5. The molecule has 0 spiro atoms. The maximum absolute atomic E-state index is 5.80. The molecule has 3 rings (SSSR count). The van der Waals surface area contributed by atoms with Gasteiger partial charge in [0.05, 0.1) is 6.10 Å². The van der Waals surface area contributed by atoms with Crippen LogP contribution in [0.1, 0.15) is 50.6 Å². The van der Waals surface area contributed by atoms with Gasteiger partial charge in [-0.3, -0.25) is 0 Å². The van der Waals surface area contributed by atoms with Gasteiger partial charge in [0.2, 0.25) is 0 Å². The van der Waals surface area contributed by atoms with Crippen LogP contribution in [-0.4, -0.2) is 20.9 Å². The Morgan fingerprint density at radius 2 is 2.21 bits per heavy atom. The minimum atomic E-state index is 0.188. The van der Waals surface area contributed by atoms with E-state index in [-0.39, 0.29) is 6.10 Å². The summed E-state index contributed by atoms with van der Waals surface area (Å²) in [4.78, 5) is 0. The van der Waals surface area contributed by atoms with E-state index in [0.29, 0.717) is 12.1 Å². The fourth-order valence-corrected chi connectivity index (χ4v) is 2.11. The van der Waals surface area contributed by atoms with Crippen LogP contribution >= 0.6 is 0 Å². The van der Waals surface area contributed by atoms with Crippen molar-refractivity contribution in [2.45, 2.75) is 50.9 Å². The molecular formula is C10H15N3O. The van der Waals surface area contributed by atoms with Gasteiger partial charge < -0.3 is 9.30 Å². The predicted octanol–water partition coefficient (Wildman–Crippen LogP) is 1.85. The molecule has 2 aliphatic rings. The van der Waals surface area contributed by atoms with E-state index in [1.807, 2.05) is 6.33 Å². The van der Waals surface area contributed by atoms with Crippen LogP contribution in [0.25, 0.3) is 0 Å². The second kappa shape index (κ2) is 3.05. The van der Waals surface area contributed by atoms with E-state index in [1.165, 1.54) is 12.8 Å². The van der Waals surface area contributed by atoms with Crippen molar-refractivity contribution in [3.05, 3.63) is 12.2 Å². The molecule has 0 amide bonds. The van der Waals surface area contributed by atoms with Gasteiger partial charge in [0.25, 0.3) is 0 Å². The molecule has 14 heavy (non-hydrogen) atoms. The summed E-state index contributed by atoms with van der Waals surface area (Å²) in [5.74, 6) is 1.04. The van der Waals surface area contributed by atoms with Crippen LogP contribution in [0.3, 0.4) is 0 Å². The molecule has 76 valence electrons. The first-order valence-electron chi connectivity index (χ1n) is 5.39. The first-order valence-corrected chi connectivity index (χ1v) is 5.39.